The lowest BCUT2D eigenvalue weighted by molar-refractivity contribution is 0.283. The molecule has 0 aliphatic carbocycles. The SMILES string of the molecule is Nc1ccc2nc(NCCCCCO)[nH]c2c1. The number of imidazole rings is 1. The van der Waals surface area contributed by atoms with E-state index in [1.165, 1.54) is 0 Å². The van der Waals surface area contributed by atoms with Crippen molar-refractivity contribution in [3.05, 3.63) is 18.2 Å². The molecular weight excluding hydrogens is 216 g/mol. The highest BCUT2D eigenvalue weighted by Crippen LogP contribution is 2.17. The third-order valence-electron chi connectivity index (χ3n) is 2.63. The number of nitrogen functional groups attached to an aromatic ring is 1. The number of aliphatic hydroxyl groups is 1. The highest BCUT2D eigenvalue weighted by Gasteiger charge is 2.01. The van der Waals surface area contributed by atoms with E-state index in [-0.39, 0.29) is 6.61 Å². The number of anilines is 2. The number of rotatable bonds is 6. The number of hydrogen-bond donors (Lipinski definition) is 4. The molecule has 0 aliphatic heterocycles. The lowest BCUT2D eigenvalue weighted by Gasteiger charge is -2.01. The van der Waals surface area contributed by atoms with E-state index in [4.69, 9.17) is 10.8 Å². The minimum absolute atomic E-state index is 0.268. The Bertz CT molecular complexity index is 480. The molecule has 0 saturated heterocycles. The zero-order valence-corrected chi connectivity index (χ0v) is 9.74. The Morgan fingerprint density at radius 3 is 3.00 bits per heavy atom. The zero-order chi connectivity index (χ0) is 12.1. The maximum atomic E-state index is 8.65. The fraction of sp³-hybridized carbons (Fsp3) is 0.417. The third kappa shape index (κ3) is 3.10. The molecule has 5 N–H and O–H groups in total. The van der Waals surface area contributed by atoms with Crippen LogP contribution in [0.2, 0.25) is 0 Å². The molecule has 2 aromatic rings. The van der Waals surface area contributed by atoms with Gasteiger partial charge in [0, 0.05) is 18.8 Å². The first-order valence-electron chi connectivity index (χ1n) is 5.89. The maximum absolute atomic E-state index is 8.65. The van der Waals surface area contributed by atoms with Crippen LogP contribution in [0.5, 0.6) is 0 Å². The summed E-state index contributed by atoms with van der Waals surface area (Å²) in [5, 5.41) is 11.9. The number of nitrogens with two attached hydrogens (primary N) is 1. The Kier molecular flexibility index (Phi) is 3.82. The van der Waals surface area contributed by atoms with Crippen LogP contribution in [-0.4, -0.2) is 28.2 Å². The Labute approximate surface area is 100 Å². The van der Waals surface area contributed by atoms with Gasteiger partial charge in [0.25, 0.3) is 0 Å². The van der Waals surface area contributed by atoms with Gasteiger partial charge < -0.3 is 21.1 Å². The van der Waals surface area contributed by atoms with Gasteiger partial charge in [-0.15, -0.1) is 0 Å². The molecule has 2 rings (SSSR count). The van der Waals surface area contributed by atoms with E-state index in [1.54, 1.807) is 0 Å². The number of nitrogens with one attached hydrogen (secondary N) is 2. The maximum Gasteiger partial charge on any atom is 0.201 e. The number of aromatic amines is 1. The summed E-state index contributed by atoms with van der Waals surface area (Å²) in [6.07, 6.45) is 2.91. The molecule has 92 valence electrons. The van der Waals surface area contributed by atoms with Gasteiger partial charge in [-0.3, -0.25) is 0 Å². The fourth-order valence-electron chi connectivity index (χ4n) is 1.73. The molecule has 1 aromatic heterocycles. The predicted molar refractivity (Wildman–Crippen MR) is 69.9 cm³/mol. The average molecular weight is 234 g/mol. The van der Waals surface area contributed by atoms with Crippen molar-refractivity contribution in [3.8, 4) is 0 Å². The summed E-state index contributed by atoms with van der Waals surface area (Å²) >= 11 is 0. The van der Waals surface area contributed by atoms with Crippen LogP contribution in [0.3, 0.4) is 0 Å². The Hall–Kier alpha value is -1.75. The van der Waals surface area contributed by atoms with E-state index in [0.29, 0.717) is 0 Å². The summed E-state index contributed by atoms with van der Waals surface area (Å²) in [4.78, 5) is 7.58. The van der Waals surface area contributed by atoms with Crippen LogP contribution in [-0.2, 0) is 0 Å². The molecule has 5 nitrogen and oxygen atoms in total. The number of fused-ring (bicyclic) bond motifs is 1. The second-order valence-electron chi connectivity index (χ2n) is 4.07. The van der Waals surface area contributed by atoms with Gasteiger partial charge in [-0.05, 0) is 37.5 Å². The van der Waals surface area contributed by atoms with E-state index in [1.807, 2.05) is 18.2 Å². The molecule has 0 saturated carbocycles. The summed E-state index contributed by atoms with van der Waals surface area (Å²) in [7, 11) is 0. The molecule has 0 bridgehead atoms. The highest BCUT2D eigenvalue weighted by atomic mass is 16.2. The lowest BCUT2D eigenvalue weighted by Crippen LogP contribution is -2.03. The van der Waals surface area contributed by atoms with Crippen molar-refractivity contribution in [2.45, 2.75) is 19.3 Å². The van der Waals surface area contributed by atoms with Crippen molar-refractivity contribution in [2.24, 2.45) is 0 Å². The number of H-pyrrole nitrogens is 1. The normalized spacial score (nSPS) is 10.9. The molecule has 0 radical (unpaired) electrons. The van der Waals surface area contributed by atoms with Gasteiger partial charge >= 0.3 is 0 Å². The molecule has 5 heteroatoms. The van der Waals surface area contributed by atoms with Crippen molar-refractivity contribution in [3.63, 3.8) is 0 Å². The zero-order valence-electron chi connectivity index (χ0n) is 9.74. The van der Waals surface area contributed by atoms with E-state index in [2.05, 4.69) is 15.3 Å². The van der Waals surface area contributed by atoms with E-state index in [9.17, 15) is 0 Å². The van der Waals surface area contributed by atoms with E-state index >= 15 is 0 Å². The summed E-state index contributed by atoms with van der Waals surface area (Å²) in [5.41, 5.74) is 8.29. The second kappa shape index (κ2) is 5.54. The summed E-state index contributed by atoms with van der Waals surface area (Å²) < 4.78 is 0. The molecule has 17 heavy (non-hydrogen) atoms. The Balaban J connectivity index is 1.91. The Morgan fingerprint density at radius 2 is 2.18 bits per heavy atom. The second-order valence-corrected chi connectivity index (χ2v) is 4.07. The predicted octanol–water partition coefficient (Wildman–Crippen LogP) is 1.72. The Morgan fingerprint density at radius 1 is 1.29 bits per heavy atom. The van der Waals surface area contributed by atoms with Gasteiger partial charge in [0.05, 0.1) is 11.0 Å². The van der Waals surface area contributed by atoms with Gasteiger partial charge in [0.1, 0.15) is 0 Å². The first kappa shape index (κ1) is 11.7. The lowest BCUT2D eigenvalue weighted by atomic mass is 10.2. The topological polar surface area (TPSA) is 87.0 Å². The standard InChI is InChI=1S/C12H18N4O/c13-9-4-5-10-11(8-9)16-12(15-10)14-6-2-1-3-7-17/h4-5,8,17H,1-3,6-7,13H2,(H2,14,15,16). The molecule has 0 fully saturated rings. The number of unbranched alkanes of at least 4 members (excludes halogenated alkanes) is 2. The van der Waals surface area contributed by atoms with Crippen LogP contribution in [0.4, 0.5) is 11.6 Å². The molecule has 0 aliphatic rings. The van der Waals surface area contributed by atoms with Crippen molar-refractivity contribution >= 4 is 22.7 Å². The van der Waals surface area contributed by atoms with Gasteiger partial charge in [-0.1, -0.05) is 0 Å². The number of hydrogen-bond acceptors (Lipinski definition) is 4. The minimum atomic E-state index is 0.268. The smallest absolute Gasteiger partial charge is 0.201 e. The average Bonchev–Trinajstić information content (AvgIpc) is 2.70. The monoisotopic (exact) mass is 234 g/mol. The van der Waals surface area contributed by atoms with Crippen LogP contribution in [0.25, 0.3) is 11.0 Å². The number of benzene rings is 1. The van der Waals surface area contributed by atoms with Gasteiger partial charge in [-0.2, -0.15) is 0 Å². The van der Waals surface area contributed by atoms with Gasteiger partial charge in [0.15, 0.2) is 0 Å². The number of nitrogens with zero attached hydrogens (tertiary/aromatic N) is 1. The van der Waals surface area contributed by atoms with Crippen LogP contribution in [0.1, 0.15) is 19.3 Å². The fourth-order valence-corrected chi connectivity index (χ4v) is 1.73. The molecule has 0 unspecified atom stereocenters. The van der Waals surface area contributed by atoms with Crippen molar-refractivity contribution in [1.29, 1.82) is 0 Å². The summed E-state index contributed by atoms with van der Waals surface area (Å²) in [6.45, 7) is 1.12. The van der Waals surface area contributed by atoms with Crippen LogP contribution in [0.15, 0.2) is 18.2 Å². The van der Waals surface area contributed by atoms with Gasteiger partial charge in [0.2, 0.25) is 5.95 Å². The first-order chi connectivity index (χ1) is 8.29. The number of aromatic nitrogens is 2. The third-order valence-corrected chi connectivity index (χ3v) is 2.63. The van der Waals surface area contributed by atoms with Crippen LogP contribution < -0.4 is 11.1 Å². The van der Waals surface area contributed by atoms with Gasteiger partial charge in [-0.25, -0.2) is 4.98 Å². The largest absolute Gasteiger partial charge is 0.399 e. The molecule has 0 atom stereocenters. The minimum Gasteiger partial charge on any atom is -0.399 e. The highest BCUT2D eigenvalue weighted by molar-refractivity contribution is 5.80. The molecule has 1 aromatic carbocycles. The molecule has 0 amide bonds. The van der Waals surface area contributed by atoms with E-state index in [0.717, 1.165) is 48.5 Å². The first-order valence-corrected chi connectivity index (χ1v) is 5.89. The van der Waals surface area contributed by atoms with E-state index < -0.39 is 0 Å². The van der Waals surface area contributed by atoms with Crippen molar-refractivity contribution in [2.75, 3.05) is 24.2 Å². The number of aliphatic hydroxyl groups excluding tert-OH is 1. The van der Waals surface area contributed by atoms with Crippen molar-refractivity contribution < 1.29 is 5.11 Å². The van der Waals surface area contributed by atoms with Crippen LogP contribution >= 0.6 is 0 Å². The molecule has 0 spiro atoms. The molecular formula is C12H18N4O. The molecule has 1 heterocycles. The summed E-state index contributed by atoms with van der Waals surface area (Å²) in [6, 6.07) is 5.62. The quantitative estimate of drug-likeness (QED) is 0.453. The van der Waals surface area contributed by atoms with Crippen LogP contribution in [0, 0.1) is 0 Å². The summed E-state index contributed by atoms with van der Waals surface area (Å²) in [5.74, 6) is 0.773. The van der Waals surface area contributed by atoms with Crippen molar-refractivity contribution in [1.82, 2.24) is 9.97 Å².